The SMILES string of the molecule is Cc1ccc(C[C@@H](CNC(=O)[C@H](C)O)n2c(=N)n(Cc3ccc(C)cc3)c3ccccc32)cc1. The van der Waals surface area contributed by atoms with Crippen molar-refractivity contribution >= 4 is 16.9 Å². The second-order valence-corrected chi connectivity index (χ2v) is 9.02. The summed E-state index contributed by atoms with van der Waals surface area (Å²) in [5.74, 6) is -0.413. The molecule has 1 aromatic heterocycles. The van der Waals surface area contributed by atoms with Crippen molar-refractivity contribution in [1.29, 1.82) is 5.41 Å². The number of nitrogens with zero attached hydrogens (tertiary/aromatic N) is 2. The zero-order chi connectivity index (χ0) is 24.2. The Morgan fingerprint density at radius 3 is 2.06 bits per heavy atom. The summed E-state index contributed by atoms with van der Waals surface area (Å²) in [6.45, 7) is 6.48. The number of fused-ring (bicyclic) bond motifs is 1. The standard InChI is InChI=1S/C28H32N4O2/c1-19-8-12-22(13-9-19)16-24(17-30-27(34)21(3)33)32-26-7-5-4-6-25(26)31(28(32)29)18-23-14-10-20(2)11-15-23/h4-15,21,24,29,33H,16-18H2,1-3H3,(H,30,34)/t21-,24-/m0/s1. The van der Waals surface area contributed by atoms with Crippen LogP contribution >= 0.6 is 0 Å². The van der Waals surface area contributed by atoms with Crippen molar-refractivity contribution in [1.82, 2.24) is 14.5 Å². The normalized spacial score (nSPS) is 13.1. The molecule has 6 nitrogen and oxygen atoms in total. The van der Waals surface area contributed by atoms with E-state index in [1.165, 1.54) is 18.1 Å². The predicted octanol–water partition coefficient (Wildman–Crippen LogP) is 3.87. The van der Waals surface area contributed by atoms with Gasteiger partial charge >= 0.3 is 0 Å². The van der Waals surface area contributed by atoms with Gasteiger partial charge < -0.3 is 19.6 Å². The molecule has 3 N–H and O–H groups in total. The van der Waals surface area contributed by atoms with Gasteiger partial charge in [-0.3, -0.25) is 10.2 Å². The molecule has 0 aliphatic rings. The Morgan fingerprint density at radius 2 is 1.47 bits per heavy atom. The van der Waals surface area contributed by atoms with Gasteiger partial charge in [0.1, 0.15) is 6.10 Å². The summed E-state index contributed by atoms with van der Waals surface area (Å²) in [5.41, 5.74) is 6.95. The number of carbonyl (C=O) groups is 1. The van der Waals surface area contributed by atoms with E-state index < -0.39 is 12.0 Å². The van der Waals surface area contributed by atoms with Crippen molar-refractivity contribution in [2.45, 2.75) is 45.9 Å². The van der Waals surface area contributed by atoms with Crippen molar-refractivity contribution in [3.8, 4) is 0 Å². The lowest BCUT2D eigenvalue weighted by atomic mass is 10.0. The Morgan fingerprint density at radius 1 is 0.912 bits per heavy atom. The number of imidazole rings is 1. The first-order valence-corrected chi connectivity index (χ1v) is 11.6. The van der Waals surface area contributed by atoms with E-state index in [4.69, 9.17) is 5.41 Å². The Kier molecular flexibility index (Phi) is 6.98. The second kappa shape index (κ2) is 10.1. The zero-order valence-electron chi connectivity index (χ0n) is 20.0. The van der Waals surface area contributed by atoms with E-state index in [2.05, 4.69) is 67.7 Å². The molecule has 0 spiro atoms. The third-order valence-corrected chi connectivity index (χ3v) is 6.23. The molecule has 0 fully saturated rings. The Labute approximate surface area is 200 Å². The van der Waals surface area contributed by atoms with Crippen LogP contribution in [0.25, 0.3) is 11.0 Å². The van der Waals surface area contributed by atoms with Crippen LogP contribution < -0.4 is 10.9 Å². The molecule has 0 aliphatic heterocycles. The number of aryl methyl sites for hydroxylation is 2. The average molecular weight is 457 g/mol. The van der Waals surface area contributed by atoms with Crippen molar-refractivity contribution in [3.63, 3.8) is 0 Å². The first kappa shape index (κ1) is 23.5. The lowest BCUT2D eigenvalue weighted by molar-refractivity contribution is -0.128. The fourth-order valence-electron chi connectivity index (χ4n) is 4.28. The number of nitrogens with one attached hydrogen (secondary N) is 2. The average Bonchev–Trinajstić information content (AvgIpc) is 3.10. The van der Waals surface area contributed by atoms with Crippen LogP contribution in [-0.2, 0) is 17.8 Å². The number of amides is 1. The summed E-state index contributed by atoms with van der Waals surface area (Å²) in [5, 5.41) is 21.7. The summed E-state index contributed by atoms with van der Waals surface area (Å²) in [6, 6.07) is 24.5. The smallest absolute Gasteiger partial charge is 0.248 e. The Balaban J connectivity index is 1.77. The molecule has 4 rings (SSSR count). The van der Waals surface area contributed by atoms with E-state index in [1.54, 1.807) is 0 Å². The molecule has 6 heteroatoms. The molecule has 0 bridgehead atoms. The second-order valence-electron chi connectivity index (χ2n) is 9.02. The maximum absolute atomic E-state index is 12.2. The van der Waals surface area contributed by atoms with Gasteiger partial charge in [-0.05, 0) is 50.5 Å². The van der Waals surface area contributed by atoms with Crippen molar-refractivity contribution in [2.24, 2.45) is 0 Å². The maximum Gasteiger partial charge on any atom is 0.248 e. The van der Waals surface area contributed by atoms with Crippen LogP contribution in [0.3, 0.4) is 0 Å². The van der Waals surface area contributed by atoms with Gasteiger partial charge in [0.05, 0.1) is 23.6 Å². The van der Waals surface area contributed by atoms with Crippen LogP contribution in [-0.4, -0.2) is 32.8 Å². The number of hydrogen-bond acceptors (Lipinski definition) is 3. The van der Waals surface area contributed by atoms with Crippen molar-refractivity contribution < 1.29 is 9.90 Å². The molecule has 0 saturated carbocycles. The third kappa shape index (κ3) is 5.13. The van der Waals surface area contributed by atoms with Gasteiger partial charge in [-0.1, -0.05) is 71.8 Å². The fraction of sp³-hybridized carbons (Fsp3) is 0.286. The zero-order valence-corrected chi connectivity index (χ0v) is 20.0. The van der Waals surface area contributed by atoms with E-state index in [9.17, 15) is 9.90 Å². The molecule has 1 heterocycles. The number of rotatable bonds is 8. The van der Waals surface area contributed by atoms with Crippen molar-refractivity contribution in [3.05, 3.63) is 101 Å². The molecule has 34 heavy (non-hydrogen) atoms. The molecule has 0 saturated heterocycles. The third-order valence-electron chi connectivity index (χ3n) is 6.23. The summed E-state index contributed by atoms with van der Waals surface area (Å²) >= 11 is 0. The predicted molar refractivity (Wildman–Crippen MR) is 135 cm³/mol. The van der Waals surface area contributed by atoms with Crippen LogP contribution in [0.15, 0.2) is 72.8 Å². The highest BCUT2D eigenvalue weighted by Crippen LogP contribution is 2.21. The molecule has 176 valence electrons. The van der Waals surface area contributed by atoms with Gasteiger partial charge in [0, 0.05) is 6.54 Å². The van der Waals surface area contributed by atoms with Crippen molar-refractivity contribution in [2.75, 3.05) is 6.54 Å². The number of aliphatic hydroxyl groups excluding tert-OH is 1. The summed E-state index contributed by atoms with van der Waals surface area (Å²) < 4.78 is 4.02. The minimum absolute atomic E-state index is 0.193. The fourth-order valence-corrected chi connectivity index (χ4v) is 4.28. The molecule has 3 aromatic carbocycles. The number of para-hydroxylation sites is 2. The maximum atomic E-state index is 12.2. The first-order valence-electron chi connectivity index (χ1n) is 11.6. The summed E-state index contributed by atoms with van der Waals surface area (Å²) in [4.78, 5) is 12.2. The Hall–Kier alpha value is -3.64. The van der Waals surface area contributed by atoms with Gasteiger partial charge in [0.15, 0.2) is 0 Å². The van der Waals surface area contributed by atoms with Crippen LogP contribution in [0.2, 0.25) is 0 Å². The largest absolute Gasteiger partial charge is 0.384 e. The lowest BCUT2D eigenvalue weighted by Gasteiger charge is -2.21. The van der Waals surface area contributed by atoms with Crippen LogP contribution in [0.5, 0.6) is 0 Å². The first-order chi connectivity index (χ1) is 16.3. The molecule has 0 aliphatic carbocycles. The summed E-state index contributed by atoms with van der Waals surface area (Å²) in [6.07, 6.45) is -0.432. The van der Waals surface area contributed by atoms with E-state index in [-0.39, 0.29) is 6.04 Å². The van der Waals surface area contributed by atoms with Crippen LogP contribution in [0, 0.1) is 19.3 Å². The van der Waals surface area contributed by atoms with E-state index in [0.29, 0.717) is 25.1 Å². The molecule has 0 unspecified atom stereocenters. The minimum Gasteiger partial charge on any atom is -0.384 e. The van der Waals surface area contributed by atoms with E-state index in [1.807, 2.05) is 33.4 Å². The van der Waals surface area contributed by atoms with Gasteiger partial charge in [0.2, 0.25) is 11.5 Å². The van der Waals surface area contributed by atoms with Gasteiger partial charge in [0.25, 0.3) is 0 Å². The number of aliphatic hydroxyl groups is 1. The quantitative estimate of drug-likeness (QED) is 0.376. The van der Waals surface area contributed by atoms with Gasteiger partial charge in [-0.2, -0.15) is 0 Å². The molecule has 2 atom stereocenters. The number of aromatic nitrogens is 2. The number of hydrogen-bond donors (Lipinski definition) is 3. The number of benzene rings is 3. The Bertz CT molecular complexity index is 1330. The molecular weight excluding hydrogens is 424 g/mol. The molecule has 0 radical (unpaired) electrons. The topological polar surface area (TPSA) is 83.0 Å². The number of carbonyl (C=O) groups excluding carboxylic acids is 1. The molecular formula is C28H32N4O2. The van der Waals surface area contributed by atoms with E-state index >= 15 is 0 Å². The highest BCUT2D eigenvalue weighted by molar-refractivity contribution is 5.80. The highest BCUT2D eigenvalue weighted by atomic mass is 16.3. The highest BCUT2D eigenvalue weighted by Gasteiger charge is 2.21. The molecule has 1 amide bonds. The van der Waals surface area contributed by atoms with Gasteiger partial charge in [-0.25, -0.2) is 0 Å². The lowest BCUT2D eigenvalue weighted by Crippen LogP contribution is -2.40. The molecule has 4 aromatic rings. The van der Waals surface area contributed by atoms with Crippen LogP contribution in [0.4, 0.5) is 0 Å². The summed E-state index contributed by atoms with van der Waals surface area (Å²) in [7, 11) is 0. The van der Waals surface area contributed by atoms with E-state index in [0.717, 1.165) is 22.2 Å². The minimum atomic E-state index is -1.08. The van der Waals surface area contributed by atoms with Gasteiger partial charge in [-0.15, -0.1) is 0 Å². The monoisotopic (exact) mass is 456 g/mol. The van der Waals surface area contributed by atoms with Crippen LogP contribution in [0.1, 0.15) is 35.2 Å².